The number of pyridine rings is 1. The number of ether oxygens (including phenoxy) is 2. The fourth-order valence-corrected chi connectivity index (χ4v) is 2.74. The summed E-state index contributed by atoms with van der Waals surface area (Å²) in [5, 5.41) is 14.4. The van der Waals surface area contributed by atoms with Gasteiger partial charge in [-0.2, -0.15) is 5.26 Å². The van der Waals surface area contributed by atoms with E-state index in [1.165, 1.54) is 18.3 Å². The number of anilines is 2. The standard InChI is InChI=1S/C21H14N4O4/c22-11-13-2-1-3-15(8-13)25-21(27)17-9-14(6-7-23-17)20(26)24-16-4-5-18-19(10-16)29-12-28-18/h1-10H,12H2,(H,24,26)(H,25,27). The van der Waals surface area contributed by atoms with Crippen LogP contribution in [0.2, 0.25) is 0 Å². The van der Waals surface area contributed by atoms with Crippen LogP contribution in [-0.4, -0.2) is 23.6 Å². The summed E-state index contributed by atoms with van der Waals surface area (Å²) < 4.78 is 10.5. The molecule has 2 amide bonds. The lowest BCUT2D eigenvalue weighted by molar-refractivity contribution is 0.102. The van der Waals surface area contributed by atoms with E-state index in [0.717, 1.165) is 0 Å². The lowest BCUT2D eigenvalue weighted by atomic mass is 10.2. The average Bonchev–Trinajstić information content (AvgIpc) is 3.22. The minimum absolute atomic E-state index is 0.0747. The molecular formula is C21H14N4O4. The summed E-state index contributed by atoms with van der Waals surface area (Å²) >= 11 is 0. The van der Waals surface area contributed by atoms with Crippen LogP contribution < -0.4 is 20.1 Å². The molecule has 0 aliphatic carbocycles. The number of nitriles is 1. The van der Waals surface area contributed by atoms with Crippen molar-refractivity contribution in [1.82, 2.24) is 4.98 Å². The van der Waals surface area contributed by atoms with Crippen LogP contribution in [0, 0.1) is 11.3 Å². The third-order valence-corrected chi connectivity index (χ3v) is 4.13. The number of aromatic nitrogens is 1. The highest BCUT2D eigenvalue weighted by atomic mass is 16.7. The summed E-state index contributed by atoms with van der Waals surface area (Å²) in [6.45, 7) is 0.146. The topological polar surface area (TPSA) is 113 Å². The Morgan fingerprint density at radius 3 is 2.59 bits per heavy atom. The number of nitrogens with zero attached hydrogens (tertiary/aromatic N) is 2. The van der Waals surface area contributed by atoms with Crippen molar-refractivity contribution >= 4 is 23.2 Å². The van der Waals surface area contributed by atoms with Gasteiger partial charge in [0.15, 0.2) is 11.5 Å². The van der Waals surface area contributed by atoms with E-state index in [4.69, 9.17) is 14.7 Å². The van der Waals surface area contributed by atoms with E-state index >= 15 is 0 Å². The Kier molecular flexibility index (Phi) is 4.78. The lowest BCUT2D eigenvalue weighted by Crippen LogP contribution is -2.17. The van der Waals surface area contributed by atoms with E-state index in [1.54, 1.807) is 42.5 Å². The van der Waals surface area contributed by atoms with Crippen LogP contribution in [0.25, 0.3) is 0 Å². The molecule has 8 heteroatoms. The van der Waals surface area contributed by atoms with E-state index in [0.29, 0.717) is 28.4 Å². The Morgan fingerprint density at radius 2 is 1.72 bits per heavy atom. The van der Waals surface area contributed by atoms with Gasteiger partial charge in [0, 0.05) is 29.2 Å². The van der Waals surface area contributed by atoms with Gasteiger partial charge in [0.25, 0.3) is 11.8 Å². The van der Waals surface area contributed by atoms with Gasteiger partial charge >= 0.3 is 0 Å². The normalized spacial score (nSPS) is 11.4. The number of benzene rings is 2. The third-order valence-electron chi connectivity index (χ3n) is 4.13. The first-order chi connectivity index (χ1) is 14.1. The predicted molar refractivity (Wildman–Crippen MR) is 104 cm³/mol. The maximum absolute atomic E-state index is 12.6. The Labute approximate surface area is 165 Å². The number of rotatable bonds is 4. The molecule has 0 saturated heterocycles. The molecule has 0 atom stereocenters. The number of nitrogens with one attached hydrogen (secondary N) is 2. The highest BCUT2D eigenvalue weighted by Crippen LogP contribution is 2.34. The summed E-state index contributed by atoms with van der Waals surface area (Å²) in [5.74, 6) is 0.285. The summed E-state index contributed by atoms with van der Waals surface area (Å²) in [7, 11) is 0. The molecule has 0 fully saturated rings. The molecule has 3 aromatic rings. The molecule has 2 N–H and O–H groups in total. The predicted octanol–water partition coefficient (Wildman–Crippen LogP) is 3.19. The zero-order valence-corrected chi connectivity index (χ0v) is 15.0. The molecule has 1 aliphatic rings. The SMILES string of the molecule is N#Cc1cccc(NC(=O)c2cc(C(=O)Nc3ccc4c(c3)OCO4)ccn2)c1. The average molecular weight is 386 g/mol. The first kappa shape index (κ1) is 18.0. The highest BCUT2D eigenvalue weighted by Gasteiger charge is 2.16. The van der Waals surface area contributed by atoms with Crippen molar-refractivity contribution < 1.29 is 19.1 Å². The van der Waals surface area contributed by atoms with Gasteiger partial charge in [0.1, 0.15) is 5.69 Å². The molecule has 2 heterocycles. The van der Waals surface area contributed by atoms with Gasteiger partial charge in [0.2, 0.25) is 6.79 Å². The van der Waals surface area contributed by atoms with Gasteiger partial charge in [-0.25, -0.2) is 0 Å². The molecule has 0 spiro atoms. The van der Waals surface area contributed by atoms with Crippen LogP contribution in [0.3, 0.4) is 0 Å². The molecule has 142 valence electrons. The number of hydrogen-bond acceptors (Lipinski definition) is 6. The van der Waals surface area contributed by atoms with Crippen molar-refractivity contribution in [2.75, 3.05) is 17.4 Å². The van der Waals surface area contributed by atoms with Crippen molar-refractivity contribution in [2.24, 2.45) is 0 Å². The number of amides is 2. The van der Waals surface area contributed by atoms with E-state index in [1.807, 2.05) is 6.07 Å². The molecular weight excluding hydrogens is 372 g/mol. The second kappa shape index (κ2) is 7.70. The van der Waals surface area contributed by atoms with Crippen LogP contribution >= 0.6 is 0 Å². The fraction of sp³-hybridized carbons (Fsp3) is 0.0476. The number of carbonyl (C=O) groups is 2. The quantitative estimate of drug-likeness (QED) is 0.712. The first-order valence-corrected chi connectivity index (χ1v) is 8.61. The van der Waals surface area contributed by atoms with Crippen molar-refractivity contribution in [3.63, 3.8) is 0 Å². The molecule has 8 nitrogen and oxygen atoms in total. The second-order valence-corrected chi connectivity index (χ2v) is 6.10. The Balaban J connectivity index is 1.48. The van der Waals surface area contributed by atoms with Gasteiger partial charge in [-0.05, 0) is 42.5 Å². The maximum atomic E-state index is 12.6. The summed E-state index contributed by atoms with van der Waals surface area (Å²) in [4.78, 5) is 29.0. The van der Waals surface area contributed by atoms with E-state index in [2.05, 4.69) is 15.6 Å². The van der Waals surface area contributed by atoms with Crippen LogP contribution in [0.15, 0.2) is 60.8 Å². The molecule has 29 heavy (non-hydrogen) atoms. The lowest BCUT2D eigenvalue weighted by Gasteiger charge is -2.08. The summed E-state index contributed by atoms with van der Waals surface area (Å²) in [6.07, 6.45) is 1.38. The van der Waals surface area contributed by atoms with Crippen molar-refractivity contribution in [3.8, 4) is 17.6 Å². The minimum Gasteiger partial charge on any atom is -0.454 e. The minimum atomic E-state index is -0.488. The number of hydrogen-bond donors (Lipinski definition) is 2. The molecule has 0 saturated carbocycles. The van der Waals surface area contributed by atoms with Crippen molar-refractivity contribution in [2.45, 2.75) is 0 Å². The number of carbonyl (C=O) groups excluding carboxylic acids is 2. The van der Waals surface area contributed by atoms with E-state index < -0.39 is 11.8 Å². The number of fused-ring (bicyclic) bond motifs is 1. The zero-order valence-electron chi connectivity index (χ0n) is 15.0. The molecule has 0 bridgehead atoms. The Hall–Kier alpha value is -4.38. The molecule has 4 rings (SSSR count). The monoisotopic (exact) mass is 386 g/mol. The molecule has 0 unspecified atom stereocenters. The zero-order chi connectivity index (χ0) is 20.2. The summed E-state index contributed by atoms with van der Waals surface area (Å²) in [5.41, 5.74) is 1.77. The van der Waals surface area contributed by atoms with Crippen LogP contribution in [-0.2, 0) is 0 Å². The van der Waals surface area contributed by atoms with Gasteiger partial charge in [-0.15, -0.1) is 0 Å². The second-order valence-electron chi connectivity index (χ2n) is 6.10. The first-order valence-electron chi connectivity index (χ1n) is 8.61. The smallest absolute Gasteiger partial charge is 0.274 e. The highest BCUT2D eigenvalue weighted by molar-refractivity contribution is 6.08. The Morgan fingerprint density at radius 1 is 0.931 bits per heavy atom. The molecule has 2 aromatic carbocycles. The van der Waals surface area contributed by atoms with Gasteiger partial charge in [0.05, 0.1) is 11.6 Å². The molecule has 1 aliphatic heterocycles. The van der Waals surface area contributed by atoms with Gasteiger partial charge in [-0.1, -0.05) is 6.07 Å². The Bertz CT molecular complexity index is 1150. The largest absolute Gasteiger partial charge is 0.454 e. The molecule has 0 radical (unpaired) electrons. The van der Waals surface area contributed by atoms with Crippen molar-refractivity contribution in [3.05, 3.63) is 77.6 Å². The third kappa shape index (κ3) is 3.99. The maximum Gasteiger partial charge on any atom is 0.274 e. The van der Waals surface area contributed by atoms with Crippen LogP contribution in [0.4, 0.5) is 11.4 Å². The van der Waals surface area contributed by atoms with E-state index in [-0.39, 0.29) is 18.1 Å². The molecule has 1 aromatic heterocycles. The van der Waals surface area contributed by atoms with Gasteiger partial charge in [-0.3, -0.25) is 14.6 Å². The van der Waals surface area contributed by atoms with Crippen LogP contribution in [0.5, 0.6) is 11.5 Å². The fourth-order valence-electron chi connectivity index (χ4n) is 2.74. The van der Waals surface area contributed by atoms with E-state index in [9.17, 15) is 9.59 Å². The van der Waals surface area contributed by atoms with Gasteiger partial charge < -0.3 is 20.1 Å². The summed E-state index contributed by atoms with van der Waals surface area (Å²) in [6, 6.07) is 16.5. The van der Waals surface area contributed by atoms with Crippen LogP contribution in [0.1, 0.15) is 26.4 Å². The van der Waals surface area contributed by atoms with Crippen molar-refractivity contribution in [1.29, 1.82) is 5.26 Å².